The highest BCUT2D eigenvalue weighted by atomic mass is 16.4. The highest BCUT2D eigenvalue weighted by Gasteiger charge is 2.23. The minimum atomic E-state index is -0.156. The molecule has 0 saturated carbocycles. The van der Waals surface area contributed by atoms with Crippen molar-refractivity contribution in [2.75, 3.05) is 25.0 Å². The number of amides is 1. The summed E-state index contributed by atoms with van der Waals surface area (Å²) in [7, 11) is 0. The van der Waals surface area contributed by atoms with Crippen molar-refractivity contribution in [1.82, 2.24) is 15.1 Å². The summed E-state index contributed by atoms with van der Waals surface area (Å²) < 4.78 is 5.21. The Morgan fingerprint density at radius 2 is 2.12 bits per heavy atom. The van der Waals surface area contributed by atoms with E-state index in [0.717, 1.165) is 25.9 Å². The molecule has 1 aliphatic heterocycles. The van der Waals surface area contributed by atoms with Gasteiger partial charge in [-0.05, 0) is 26.2 Å². The zero-order valence-corrected chi connectivity index (χ0v) is 9.40. The molecule has 1 aromatic rings. The van der Waals surface area contributed by atoms with Crippen molar-refractivity contribution in [1.29, 1.82) is 0 Å². The van der Waals surface area contributed by atoms with Crippen molar-refractivity contribution in [3.8, 4) is 0 Å². The third-order valence-electron chi connectivity index (χ3n) is 2.58. The number of carbonyl (C=O) groups is 1. The van der Waals surface area contributed by atoms with Crippen LogP contribution in [0.15, 0.2) is 4.42 Å². The fraction of sp³-hybridized carbons (Fsp3) is 0.700. The fourth-order valence-corrected chi connectivity index (χ4v) is 1.76. The van der Waals surface area contributed by atoms with Gasteiger partial charge in [-0.1, -0.05) is 5.10 Å². The second-order valence-electron chi connectivity index (χ2n) is 3.80. The molecule has 0 aromatic carbocycles. The molecule has 2 rings (SSSR count). The maximum absolute atomic E-state index is 11.9. The summed E-state index contributed by atoms with van der Waals surface area (Å²) in [5.41, 5.74) is 0. The minimum absolute atomic E-state index is 0.0813. The van der Waals surface area contributed by atoms with E-state index < -0.39 is 0 Å². The van der Waals surface area contributed by atoms with Gasteiger partial charge in [0.05, 0.1) is 0 Å². The van der Waals surface area contributed by atoms with Gasteiger partial charge in [0.1, 0.15) is 0 Å². The van der Waals surface area contributed by atoms with Crippen LogP contribution in [0.1, 0.15) is 36.9 Å². The van der Waals surface area contributed by atoms with Crippen molar-refractivity contribution < 1.29 is 9.21 Å². The lowest BCUT2D eigenvalue weighted by Crippen LogP contribution is -2.35. The number of likely N-dealkylation sites (tertiary alicyclic amines) is 1. The number of hydrogen-bond donors (Lipinski definition) is 1. The number of nitrogens with one attached hydrogen (secondary N) is 1. The third-order valence-corrected chi connectivity index (χ3v) is 2.58. The molecule has 0 unspecified atom stereocenters. The quantitative estimate of drug-likeness (QED) is 0.833. The van der Waals surface area contributed by atoms with Gasteiger partial charge in [-0.25, -0.2) is 0 Å². The molecule has 0 aliphatic carbocycles. The van der Waals surface area contributed by atoms with Gasteiger partial charge in [0.2, 0.25) is 0 Å². The molecule has 16 heavy (non-hydrogen) atoms. The van der Waals surface area contributed by atoms with E-state index >= 15 is 0 Å². The summed E-state index contributed by atoms with van der Waals surface area (Å²) >= 11 is 0. The monoisotopic (exact) mass is 224 g/mol. The summed E-state index contributed by atoms with van der Waals surface area (Å²) in [4.78, 5) is 13.7. The SMILES string of the molecule is CCNc1nnc(C(=O)N2CCCCC2)o1. The Hall–Kier alpha value is -1.59. The van der Waals surface area contributed by atoms with E-state index in [2.05, 4.69) is 15.5 Å². The van der Waals surface area contributed by atoms with Crippen LogP contribution in [0.4, 0.5) is 6.01 Å². The molecule has 1 aliphatic rings. The Bertz CT molecular complexity index is 357. The first-order valence-corrected chi connectivity index (χ1v) is 5.68. The predicted molar refractivity (Wildman–Crippen MR) is 58.2 cm³/mol. The van der Waals surface area contributed by atoms with E-state index in [1.807, 2.05) is 6.92 Å². The van der Waals surface area contributed by atoms with E-state index in [1.165, 1.54) is 6.42 Å². The molecule has 6 heteroatoms. The summed E-state index contributed by atoms with van der Waals surface area (Å²) in [6.45, 7) is 4.20. The minimum Gasteiger partial charge on any atom is -0.399 e. The molecule has 1 N–H and O–H groups in total. The number of carbonyl (C=O) groups excluding carboxylic acids is 1. The number of hydrogen-bond acceptors (Lipinski definition) is 5. The van der Waals surface area contributed by atoms with Crippen LogP contribution >= 0.6 is 0 Å². The van der Waals surface area contributed by atoms with Gasteiger partial charge in [0.15, 0.2) is 0 Å². The first-order chi connectivity index (χ1) is 7.81. The highest BCUT2D eigenvalue weighted by molar-refractivity contribution is 5.89. The average molecular weight is 224 g/mol. The molecule has 0 radical (unpaired) electrons. The average Bonchev–Trinajstić information content (AvgIpc) is 2.78. The van der Waals surface area contributed by atoms with E-state index in [1.54, 1.807) is 4.90 Å². The largest absolute Gasteiger partial charge is 0.399 e. The molecule has 1 saturated heterocycles. The summed E-state index contributed by atoms with van der Waals surface area (Å²) in [5.74, 6) is -0.0748. The molecule has 0 atom stereocenters. The van der Waals surface area contributed by atoms with Crippen LogP contribution in [0.3, 0.4) is 0 Å². The highest BCUT2D eigenvalue weighted by Crippen LogP contribution is 2.13. The fourth-order valence-electron chi connectivity index (χ4n) is 1.76. The maximum atomic E-state index is 11.9. The van der Waals surface area contributed by atoms with Gasteiger partial charge in [-0.3, -0.25) is 4.79 Å². The molecule has 1 fully saturated rings. The second-order valence-corrected chi connectivity index (χ2v) is 3.80. The van der Waals surface area contributed by atoms with Crippen LogP contribution in [0, 0.1) is 0 Å². The Morgan fingerprint density at radius 1 is 1.38 bits per heavy atom. The number of aromatic nitrogens is 2. The van der Waals surface area contributed by atoms with Crippen molar-refractivity contribution in [3.05, 3.63) is 5.89 Å². The van der Waals surface area contributed by atoms with Crippen molar-refractivity contribution >= 4 is 11.9 Å². The molecule has 1 aromatic heterocycles. The van der Waals surface area contributed by atoms with Gasteiger partial charge in [-0.15, -0.1) is 5.10 Å². The lowest BCUT2D eigenvalue weighted by atomic mass is 10.1. The lowest BCUT2D eigenvalue weighted by Gasteiger charge is -2.24. The molecule has 0 bridgehead atoms. The standard InChI is InChI=1S/C10H16N4O2/c1-2-11-10-13-12-8(16-10)9(15)14-6-4-3-5-7-14/h2-7H2,1H3,(H,11,13). The van der Waals surface area contributed by atoms with Gasteiger partial charge in [0, 0.05) is 19.6 Å². The molecular weight excluding hydrogens is 208 g/mol. The van der Waals surface area contributed by atoms with Crippen LogP contribution < -0.4 is 5.32 Å². The second kappa shape index (κ2) is 4.96. The van der Waals surface area contributed by atoms with Crippen LogP contribution in [0.5, 0.6) is 0 Å². The topological polar surface area (TPSA) is 71.3 Å². The Labute approximate surface area is 94.0 Å². The zero-order valence-electron chi connectivity index (χ0n) is 9.40. The summed E-state index contributed by atoms with van der Waals surface area (Å²) in [6, 6.07) is 0.308. The molecular formula is C10H16N4O2. The summed E-state index contributed by atoms with van der Waals surface area (Å²) in [6.07, 6.45) is 3.30. The van der Waals surface area contributed by atoms with E-state index in [9.17, 15) is 4.79 Å². The van der Waals surface area contributed by atoms with Crippen LogP contribution in [0.25, 0.3) is 0 Å². The van der Waals surface area contributed by atoms with Crippen LogP contribution in [0.2, 0.25) is 0 Å². The van der Waals surface area contributed by atoms with E-state index in [4.69, 9.17) is 4.42 Å². The lowest BCUT2D eigenvalue weighted by molar-refractivity contribution is 0.0685. The zero-order chi connectivity index (χ0) is 11.4. The van der Waals surface area contributed by atoms with Crippen LogP contribution in [-0.4, -0.2) is 40.6 Å². The van der Waals surface area contributed by atoms with E-state index in [-0.39, 0.29) is 11.8 Å². The molecule has 2 heterocycles. The van der Waals surface area contributed by atoms with E-state index in [0.29, 0.717) is 12.6 Å². The van der Waals surface area contributed by atoms with Gasteiger partial charge < -0.3 is 14.6 Å². The molecule has 88 valence electrons. The Kier molecular flexibility index (Phi) is 3.38. The Balaban J connectivity index is 2.01. The molecule has 0 spiro atoms. The number of piperidine rings is 1. The summed E-state index contributed by atoms with van der Waals surface area (Å²) in [5, 5.41) is 10.4. The van der Waals surface area contributed by atoms with Gasteiger partial charge in [0.25, 0.3) is 0 Å². The first kappa shape index (κ1) is 10.9. The first-order valence-electron chi connectivity index (χ1n) is 5.68. The number of nitrogens with zero attached hydrogens (tertiary/aromatic N) is 3. The predicted octanol–water partition coefficient (Wildman–Crippen LogP) is 1.13. The smallest absolute Gasteiger partial charge is 0.315 e. The Morgan fingerprint density at radius 3 is 2.81 bits per heavy atom. The van der Waals surface area contributed by atoms with Crippen molar-refractivity contribution in [2.24, 2.45) is 0 Å². The van der Waals surface area contributed by atoms with Crippen molar-refractivity contribution in [3.63, 3.8) is 0 Å². The van der Waals surface area contributed by atoms with Crippen LogP contribution in [-0.2, 0) is 0 Å². The third kappa shape index (κ3) is 2.32. The number of anilines is 1. The van der Waals surface area contributed by atoms with Crippen molar-refractivity contribution in [2.45, 2.75) is 26.2 Å². The van der Waals surface area contributed by atoms with Gasteiger partial charge in [-0.2, -0.15) is 0 Å². The number of rotatable bonds is 3. The van der Waals surface area contributed by atoms with Gasteiger partial charge >= 0.3 is 17.8 Å². The maximum Gasteiger partial charge on any atom is 0.315 e. The molecule has 1 amide bonds. The molecule has 6 nitrogen and oxygen atoms in total. The normalized spacial score (nSPS) is 16.2.